The van der Waals surface area contributed by atoms with Gasteiger partial charge in [-0.1, -0.05) is 0 Å². The number of halogens is 1. The molecule has 0 fully saturated rings. The maximum absolute atomic E-state index is 10.5. The Morgan fingerprint density at radius 1 is 1.58 bits per heavy atom. The van der Waals surface area contributed by atoms with Crippen molar-refractivity contribution in [1.82, 2.24) is 9.97 Å². The zero-order valence-electron chi connectivity index (χ0n) is 6.24. The first-order valence-corrected chi connectivity index (χ1v) is 4.61. The predicted molar refractivity (Wildman–Crippen MR) is 48.6 cm³/mol. The highest BCUT2D eigenvalue weighted by Crippen LogP contribution is 2.21. The lowest BCUT2D eigenvalue weighted by Crippen LogP contribution is -2.01. The molecule has 0 unspecified atom stereocenters. The first-order valence-electron chi connectivity index (χ1n) is 3.01. The second kappa shape index (κ2) is 3.73. The lowest BCUT2D eigenvalue weighted by atomic mass is 10.3. The topological polar surface area (TPSA) is 68.9 Å². The third kappa shape index (κ3) is 1.67. The highest BCUT2D eigenvalue weighted by atomic mass is 35.5. The van der Waals surface area contributed by atoms with Gasteiger partial charge in [0.05, 0.1) is 5.56 Å². The molecule has 6 heteroatoms. The van der Waals surface area contributed by atoms with E-state index in [0.717, 1.165) is 0 Å². The number of nitrogens with zero attached hydrogens (tertiary/aromatic N) is 2. The van der Waals surface area contributed by atoms with Crippen LogP contribution in [-0.2, 0) is 0 Å². The van der Waals surface area contributed by atoms with Gasteiger partial charge in [-0.2, -0.15) is 0 Å². The average molecular weight is 204 g/mol. The fourth-order valence-corrected chi connectivity index (χ4v) is 1.48. The van der Waals surface area contributed by atoms with E-state index >= 15 is 0 Å². The first kappa shape index (κ1) is 9.28. The van der Waals surface area contributed by atoms with E-state index < -0.39 is 0 Å². The van der Waals surface area contributed by atoms with Crippen molar-refractivity contribution in [3.05, 3.63) is 10.8 Å². The Morgan fingerprint density at radius 3 is 2.75 bits per heavy atom. The third-order valence-corrected chi connectivity index (χ3v) is 2.09. The van der Waals surface area contributed by atoms with Crippen LogP contribution in [0.2, 0.25) is 5.28 Å². The molecule has 0 amide bonds. The van der Waals surface area contributed by atoms with Gasteiger partial charge in [0.25, 0.3) is 0 Å². The summed E-state index contributed by atoms with van der Waals surface area (Å²) in [6.07, 6.45) is 2.41. The predicted octanol–water partition coefficient (Wildman–Crippen LogP) is 1.25. The molecule has 0 aliphatic heterocycles. The fourth-order valence-electron chi connectivity index (χ4n) is 0.705. The molecular formula is C6H6ClN3OS. The summed E-state index contributed by atoms with van der Waals surface area (Å²) in [5, 5.41) is 0.560. The van der Waals surface area contributed by atoms with Crippen molar-refractivity contribution in [2.75, 3.05) is 12.0 Å². The van der Waals surface area contributed by atoms with Crippen molar-refractivity contribution >= 4 is 35.5 Å². The summed E-state index contributed by atoms with van der Waals surface area (Å²) in [4.78, 5) is 18.0. The van der Waals surface area contributed by atoms with E-state index in [1.54, 1.807) is 6.26 Å². The van der Waals surface area contributed by atoms with Crippen molar-refractivity contribution in [3.63, 3.8) is 0 Å². The SMILES string of the molecule is CSc1nc(Cl)nc(N)c1C=O. The molecule has 4 nitrogen and oxygen atoms in total. The van der Waals surface area contributed by atoms with E-state index in [4.69, 9.17) is 17.3 Å². The summed E-state index contributed by atoms with van der Waals surface area (Å²) in [7, 11) is 0. The van der Waals surface area contributed by atoms with Crippen LogP contribution < -0.4 is 5.73 Å². The number of aromatic nitrogens is 2. The minimum Gasteiger partial charge on any atom is -0.383 e. The highest BCUT2D eigenvalue weighted by Gasteiger charge is 2.09. The van der Waals surface area contributed by atoms with E-state index in [1.165, 1.54) is 11.8 Å². The van der Waals surface area contributed by atoms with E-state index in [0.29, 0.717) is 16.9 Å². The number of carbonyl (C=O) groups excluding carboxylic acids is 1. The zero-order chi connectivity index (χ0) is 9.14. The second-order valence-electron chi connectivity index (χ2n) is 1.92. The van der Waals surface area contributed by atoms with Gasteiger partial charge in [0, 0.05) is 0 Å². The molecule has 1 aromatic heterocycles. The first-order chi connectivity index (χ1) is 5.69. The third-order valence-electron chi connectivity index (χ3n) is 1.22. The van der Waals surface area contributed by atoms with Crippen LogP contribution in [0.15, 0.2) is 5.03 Å². The number of rotatable bonds is 2. The van der Waals surface area contributed by atoms with E-state index in [9.17, 15) is 4.79 Å². The summed E-state index contributed by atoms with van der Waals surface area (Å²) in [5.74, 6) is 0.120. The van der Waals surface area contributed by atoms with Crippen molar-refractivity contribution in [2.45, 2.75) is 5.03 Å². The van der Waals surface area contributed by atoms with Crippen molar-refractivity contribution in [3.8, 4) is 0 Å². The fraction of sp³-hybridized carbons (Fsp3) is 0.167. The number of nitrogens with two attached hydrogens (primary N) is 1. The average Bonchev–Trinajstić information content (AvgIpc) is 2.03. The van der Waals surface area contributed by atoms with Gasteiger partial charge >= 0.3 is 0 Å². The maximum atomic E-state index is 10.5. The van der Waals surface area contributed by atoms with Gasteiger partial charge in [-0.05, 0) is 17.9 Å². The number of anilines is 1. The largest absolute Gasteiger partial charge is 0.383 e. The molecule has 1 heterocycles. The molecular weight excluding hydrogens is 198 g/mol. The Morgan fingerprint density at radius 2 is 2.25 bits per heavy atom. The monoisotopic (exact) mass is 203 g/mol. The number of aldehydes is 1. The molecule has 12 heavy (non-hydrogen) atoms. The van der Waals surface area contributed by atoms with Crippen LogP contribution in [0.4, 0.5) is 5.82 Å². The molecule has 0 radical (unpaired) electrons. The van der Waals surface area contributed by atoms with Crippen LogP contribution >= 0.6 is 23.4 Å². The van der Waals surface area contributed by atoms with Crippen molar-refractivity contribution in [1.29, 1.82) is 0 Å². The van der Waals surface area contributed by atoms with Crippen LogP contribution in [0.25, 0.3) is 0 Å². The van der Waals surface area contributed by atoms with Gasteiger partial charge < -0.3 is 5.73 Å². The van der Waals surface area contributed by atoms with Gasteiger partial charge in [0.15, 0.2) is 6.29 Å². The molecule has 1 rings (SSSR count). The Balaban J connectivity index is 3.33. The Labute approximate surface area is 78.5 Å². The number of hydrogen-bond acceptors (Lipinski definition) is 5. The number of carbonyl (C=O) groups is 1. The summed E-state index contributed by atoms with van der Waals surface area (Å²) < 4.78 is 0. The van der Waals surface area contributed by atoms with E-state index in [-0.39, 0.29) is 11.1 Å². The molecule has 0 saturated carbocycles. The minimum atomic E-state index is 0.0578. The molecule has 1 aromatic rings. The lowest BCUT2D eigenvalue weighted by Gasteiger charge is -2.02. The molecule has 0 aliphatic rings. The molecule has 64 valence electrons. The molecule has 0 saturated heterocycles. The van der Waals surface area contributed by atoms with Crippen molar-refractivity contribution < 1.29 is 4.79 Å². The summed E-state index contributed by atoms with van der Waals surface area (Å²) in [6, 6.07) is 0. The summed E-state index contributed by atoms with van der Waals surface area (Å²) in [5.41, 5.74) is 5.73. The minimum absolute atomic E-state index is 0.0578. The van der Waals surface area contributed by atoms with Crippen LogP contribution in [0, 0.1) is 0 Å². The normalized spacial score (nSPS) is 9.83. The smallest absolute Gasteiger partial charge is 0.225 e. The van der Waals surface area contributed by atoms with Crippen LogP contribution in [-0.4, -0.2) is 22.5 Å². The molecule has 0 bridgehead atoms. The Hall–Kier alpha value is -0.810. The maximum Gasteiger partial charge on any atom is 0.225 e. The molecule has 0 atom stereocenters. The molecule has 2 N–H and O–H groups in total. The van der Waals surface area contributed by atoms with Crippen LogP contribution in [0.5, 0.6) is 0 Å². The number of hydrogen-bond donors (Lipinski definition) is 1. The molecule has 0 aliphatic carbocycles. The Bertz CT molecular complexity index is 318. The standard InChI is InChI=1S/C6H6ClN3OS/c1-12-5-3(2-11)4(8)9-6(7)10-5/h2H,1H3,(H2,8,9,10). The quantitative estimate of drug-likeness (QED) is 0.339. The summed E-state index contributed by atoms with van der Waals surface area (Å²) >= 11 is 6.83. The summed E-state index contributed by atoms with van der Waals surface area (Å²) in [6.45, 7) is 0. The molecule has 0 spiro atoms. The van der Waals surface area contributed by atoms with Gasteiger partial charge in [-0.25, -0.2) is 9.97 Å². The number of thioether (sulfide) groups is 1. The highest BCUT2D eigenvalue weighted by molar-refractivity contribution is 7.98. The van der Waals surface area contributed by atoms with Gasteiger partial charge in [0.1, 0.15) is 10.8 Å². The van der Waals surface area contributed by atoms with E-state index in [2.05, 4.69) is 9.97 Å². The zero-order valence-corrected chi connectivity index (χ0v) is 7.82. The van der Waals surface area contributed by atoms with Gasteiger partial charge in [0.2, 0.25) is 5.28 Å². The van der Waals surface area contributed by atoms with Crippen LogP contribution in [0.3, 0.4) is 0 Å². The lowest BCUT2D eigenvalue weighted by molar-refractivity contribution is 0.112. The van der Waals surface area contributed by atoms with E-state index in [1.807, 2.05) is 0 Å². The van der Waals surface area contributed by atoms with Crippen molar-refractivity contribution in [2.24, 2.45) is 0 Å². The van der Waals surface area contributed by atoms with Crippen LogP contribution in [0.1, 0.15) is 10.4 Å². The van der Waals surface area contributed by atoms with Gasteiger partial charge in [-0.3, -0.25) is 4.79 Å². The Kier molecular flexibility index (Phi) is 2.88. The number of nitrogen functional groups attached to an aromatic ring is 1. The second-order valence-corrected chi connectivity index (χ2v) is 3.05. The molecule has 0 aromatic carbocycles. The van der Waals surface area contributed by atoms with Gasteiger partial charge in [-0.15, -0.1) is 11.8 Å².